The van der Waals surface area contributed by atoms with Gasteiger partial charge in [0.2, 0.25) is 0 Å². The maximum absolute atomic E-state index is 12.2. The number of carbonyl (C=O) groups excluding carboxylic acids is 1. The number of aryl methyl sites for hydroxylation is 2. The van der Waals surface area contributed by atoms with Gasteiger partial charge >= 0.3 is 0 Å². The zero-order valence-corrected chi connectivity index (χ0v) is 15.7. The van der Waals surface area contributed by atoms with E-state index in [2.05, 4.69) is 32.3 Å². The van der Waals surface area contributed by atoms with Gasteiger partial charge in [0.25, 0.3) is 5.91 Å². The normalized spacial score (nSPS) is 10.5. The summed E-state index contributed by atoms with van der Waals surface area (Å²) in [4.78, 5) is 16.1. The molecule has 0 atom stereocenters. The number of nitrogens with zero attached hydrogens (tertiary/aromatic N) is 1. The molecule has 0 saturated carbocycles. The lowest BCUT2D eigenvalue weighted by molar-refractivity contribution is 0.0950. The second-order valence-electron chi connectivity index (χ2n) is 5.96. The van der Waals surface area contributed by atoms with E-state index in [1.54, 1.807) is 36.7 Å². The van der Waals surface area contributed by atoms with Crippen LogP contribution < -0.4 is 5.32 Å². The Labute approximate surface area is 161 Å². The molecule has 2 N–H and O–H groups in total. The first-order valence-corrected chi connectivity index (χ1v) is 9.15. The average molecular weight is 411 g/mol. The van der Waals surface area contributed by atoms with Gasteiger partial charge in [0.15, 0.2) is 0 Å². The molecule has 5 heteroatoms. The Morgan fingerprint density at radius 3 is 2.46 bits per heavy atom. The van der Waals surface area contributed by atoms with Crippen LogP contribution in [0.5, 0.6) is 5.75 Å². The van der Waals surface area contributed by atoms with Gasteiger partial charge in [-0.25, -0.2) is 0 Å². The van der Waals surface area contributed by atoms with E-state index in [1.807, 2.05) is 24.3 Å². The third-order valence-electron chi connectivity index (χ3n) is 4.19. The topological polar surface area (TPSA) is 62.2 Å². The molecule has 2 aromatic carbocycles. The molecule has 0 radical (unpaired) electrons. The highest BCUT2D eigenvalue weighted by Crippen LogP contribution is 2.22. The maximum Gasteiger partial charge on any atom is 0.251 e. The largest absolute Gasteiger partial charge is 0.508 e. The van der Waals surface area contributed by atoms with E-state index in [1.165, 1.54) is 5.56 Å². The molecule has 0 aliphatic heterocycles. The second-order valence-corrected chi connectivity index (χ2v) is 6.82. The van der Waals surface area contributed by atoms with Crippen LogP contribution in [0.4, 0.5) is 0 Å². The van der Waals surface area contributed by atoms with Crippen molar-refractivity contribution in [3.05, 3.63) is 93.7 Å². The molecule has 3 rings (SSSR count). The lowest BCUT2D eigenvalue weighted by Crippen LogP contribution is -2.23. The minimum absolute atomic E-state index is 0.141. The lowest BCUT2D eigenvalue weighted by Gasteiger charge is -2.12. The smallest absolute Gasteiger partial charge is 0.251 e. The van der Waals surface area contributed by atoms with Gasteiger partial charge in [-0.05, 0) is 59.9 Å². The molecule has 0 spiro atoms. The molecule has 1 amide bonds. The molecule has 1 aromatic heterocycles. The molecule has 1 heterocycles. The number of benzene rings is 2. The van der Waals surface area contributed by atoms with Gasteiger partial charge in [0.1, 0.15) is 5.75 Å². The standard InChI is InChI=1S/C21H19BrN2O2/c22-20-4-2-1-3-15(20)5-6-17-13-19(25)8-7-18(17)14-24-21(26)16-9-11-23-12-10-16/h1-4,7-13,25H,5-6,14H2,(H,24,26). The van der Waals surface area contributed by atoms with Crippen molar-refractivity contribution in [2.24, 2.45) is 0 Å². The van der Waals surface area contributed by atoms with E-state index in [0.29, 0.717) is 12.1 Å². The van der Waals surface area contributed by atoms with Gasteiger partial charge in [0, 0.05) is 29.0 Å². The monoisotopic (exact) mass is 410 g/mol. The second kappa shape index (κ2) is 8.63. The van der Waals surface area contributed by atoms with E-state index >= 15 is 0 Å². The van der Waals surface area contributed by atoms with Crippen molar-refractivity contribution in [1.29, 1.82) is 0 Å². The summed E-state index contributed by atoms with van der Waals surface area (Å²) in [5.74, 6) is 0.0913. The van der Waals surface area contributed by atoms with Crippen molar-refractivity contribution >= 4 is 21.8 Å². The molecule has 0 aliphatic rings. The molecule has 4 nitrogen and oxygen atoms in total. The summed E-state index contributed by atoms with van der Waals surface area (Å²) in [5.41, 5.74) is 3.81. The third kappa shape index (κ3) is 4.70. The van der Waals surface area contributed by atoms with E-state index in [9.17, 15) is 9.90 Å². The number of aromatic nitrogens is 1. The van der Waals surface area contributed by atoms with Crippen LogP contribution in [-0.4, -0.2) is 16.0 Å². The zero-order chi connectivity index (χ0) is 18.4. The van der Waals surface area contributed by atoms with Gasteiger partial charge in [-0.15, -0.1) is 0 Å². The highest BCUT2D eigenvalue weighted by molar-refractivity contribution is 9.10. The number of halogens is 1. The van der Waals surface area contributed by atoms with Crippen LogP contribution in [0, 0.1) is 0 Å². The quantitative estimate of drug-likeness (QED) is 0.637. The number of aromatic hydroxyl groups is 1. The Bertz CT molecular complexity index is 898. The van der Waals surface area contributed by atoms with Crippen molar-refractivity contribution in [1.82, 2.24) is 10.3 Å². The summed E-state index contributed by atoms with van der Waals surface area (Å²) in [6.45, 7) is 0.409. The number of pyridine rings is 1. The summed E-state index contributed by atoms with van der Waals surface area (Å²) >= 11 is 3.57. The van der Waals surface area contributed by atoms with Crippen molar-refractivity contribution in [3.63, 3.8) is 0 Å². The summed E-state index contributed by atoms with van der Waals surface area (Å²) < 4.78 is 1.08. The van der Waals surface area contributed by atoms with Crippen molar-refractivity contribution in [2.75, 3.05) is 0 Å². The number of rotatable bonds is 6. The molecule has 132 valence electrons. The summed E-state index contributed by atoms with van der Waals surface area (Å²) in [7, 11) is 0. The predicted octanol–water partition coefficient (Wildman–Crippen LogP) is 4.26. The Hall–Kier alpha value is -2.66. The molecule has 0 aliphatic carbocycles. The first kappa shape index (κ1) is 18.1. The molecular weight excluding hydrogens is 392 g/mol. The van der Waals surface area contributed by atoms with Crippen molar-refractivity contribution in [3.8, 4) is 5.75 Å². The first-order chi connectivity index (χ1) is 12.6. The van der Waals surface area contributed by atoms with Crippen LogP contribution in [0.2, 0.25) is 0 Å². The fourth-order valence-corrected chi connectivity index (χ4v) is 3.25. The summed E-state index contributed by atoms with van der Waals surface area (Å²) in [6.07, 6.45) is 4.81. The van der Waals surface area contributed by atoms with Gasteiger partial charge in [-0.1, -0.05) is 40.2 Å². The number of carbonyl (C=O) groups is 1. The zero-order valence-electron chi connectivity index (χ0n) is 14.2. The minimum Gasteiger partial charge on any atom is -0.508 e. The molecule has 3 aromatic rings. The van der Waals surface area contributed by atoms with Crippen LogP contribution in [0.25, 0.3) is 0 Å². The predicted molar refractivity (Wildman–Crippen MR) is 105 cm³/mol. The van der Waals surface area contributed by atoms with E-state index in [0.717, 1.165) is 28.4 Å². The fourth-order valence-electron chi connectivity index (χ4n) is 2.77. The highest BCUT2D eigenvalue weighted by Gasteiger charge is 2.09. The number of hydrogen-bond acceptors (Lipinski definition) is 3. The minimum atomic E-state index is -0.141. The summed E-state index contributed by atoms with van der Waals surface area (Å²) in [5, 5.41) is 12.8. The van der Waals surface area contributed by atoms with Crippen molar-refractivity contribution < 1.29 is 9.90 Å². The Morgan fingerprint density at radius 1 is 0.962 bits per heavy atom. The lowest BCUT2D eigenvalue weighted by atomic mass is 9.99. The molecule has 0 unspecified atom stereocenters. The molecular formula is C21H19BrN2O2. The molecule has 0 bridgehead atoms. The van der Waals surface area contributed by atoms with Crippen LogP contribution in [0.1, 0.15) is 27.0 Å². The van der Waals surface area contributed by atoms with Crippen LogP contribution in [0.3, 0.4) is 0 Å². The number of phenolic OH excluding ortho intramolecular Hbond substituents is 1. The highest BCUT2D eigenvalue weighted by atomic mass is 79.9. The Kier molecular flexibility index (Phi) is 6.02. The number of phenols is 1. The van der Waals surface area contributed by atoms with Gasteiger partial charge in [0.05, 0.1) is 0 Å². The number of amides is 1. The van der Waals surface area contributed by atoms with Gasteiger partial charge < -0.3 is 10.4 Å². The van der Waals surface area contributed by atoms with E-state index < -0.39 is 0 Å². The first-order valence-electron chi connectivity index (χ1n) is 8.36. The summed E-state index contributed by atoms with van der Waals surface area (Å²) in [6, 6.07) is 16.7. The van der Waals surface area contributed by atoms with Crippen LogP contribution in [0.15, 0.2) is 71.5 Å². The fraction of sp³-hybridized carbons (Fsp3) is 0.143. The van der Waals surface area contributed by atoms with Crippen LogP contribution in [-0.2, 0) is 19.4 Å². The SMILES string of the molecule is O=C(NCc1ccc(O)cc1CCc1ccccc1Br)c1ccncc1. The van der Waals surface area contributed by atoms with E-state index in [4.69, 9.17) is 0 Å². The van der Waals surface area contributed by atoms with Gasteiger partial charge in [-0.2, -0.15) is 0 Å². The number of hydrogen-bond donors (Lipinski definition) is 2. The molecule has 0 saturated heterocycles. The Balaban J connectivity index is 1.70. The van der Waals surface area contributed by atoms with Crippen molar-refractivity contribution in [2.45, 2.75) is 19.4 Å². The number of nitrogens with one attached hydrogen (secondary N) is 1. The maximum atomic E-state index is 12.2. The third-order valence-corrected chi connectivity index (χ3v) is 4.97. The van der Waals surface area contributed by atoms with Gasteiger partial charge in [-0.3, -0.25) is 9.78 Å². The van der Waals surface area contributed by atoms with Crippen LogP contribution >= 0.6 is 15.9 Å². The average Bonchev–Trinajstić information content (AvgIpc) is 2.67. The Morgan fingerprint density at radius 2 is 1.69 bits per heavy atom. The molecule has 0 fully saturated rings. The molecule has 26 heavy (non-hydrogen) atoms. The van der Waals surface area contributed by atoms with E-state index in [-0.39, 0.29) is 11.7 Å².